The highest BCUT2D eigenvalue weighted by Gasteiger charge is 2.40. The molecule has 4 heterocycles. The zero-order chi connectivity index (χ0) is 35.5. The number of carbonyl (C=O) groups excluding carboxylic acids is 6. The van der Waals surface area contributed by atoms with Gasteiger partial charge in [0.25, 0.3) is 0 Å². The van der Waals surface area contributed by atoms with Crippen LogP contribution in [0.2, 0.25) is 0 Å². The number of aromatic nitrogens is 1. The van der Waals surface area contributed by atoms with E-state index in [-0.39, 0.29) is 43.7 Å². The monoisotopic (exact) mass is 683 g/mol. The van der Waals surface area contributed by atoms with Crippen LogP contribution in [0.25, 0.3) is 21.9 Å². The maximum absolute atomic E-state index is 13.9. The number of H-pyrrole nitrogens is 1. The number of benzene rings is 2. The van der Waals surface area contributed by atoms with Gasteiger partial charge in [0.2, 0.25) is 35.4 Å². The van der Waals surface area contributed by atoms with Crippen molar-refractivity contribution >= 4 is 63.0 Å². The molecular formula is C35H37N7O8. The third-order valence-corrected chi connectivity index (χ3v) is 9.12. The second-order valence-corrected chi connectivity index (χ2v) is 12.7. The number of nitrogens with one attached hydrogen (secondary N) is 5. The average Bonchev–Trinajstić information content (AvgIpc) is 3.84. The lowest BCUT2D eigenvalue weighted by Gasteiger charge is -2.30. The topological polar surface area (TPSA) is 226 Å². The zero-order valence-electron chi connectivity index (χ0n) is 27.2. The molecule has 4 unspecified atom stereocenters. The Hall–Kier alpha value is -5.99. The molecular weight excluding hydrogens is 646 g/mol. The molecule has 0 radical (unpaired) electrons. The molecule has 0 bridgehead atoms. The van der Waals surface area contributed by atoms with Gasteiger partial charge in [0.15, 0.2) is 0 Å². The summed E-state index contributed by atoms with van der Waals surface area (Å²) < 4.78 is 5.33. The number of aryl methyl sites for hydroxylation is 1. The van der Waals surface area contributed by atoms with E-state index < -0.39 is 65.7 Å². The largest absolute Gasteiger partial charge is 0.423 e. The minimum absolute atomic E-state index is 0.0947. The predicted octanol–water partition coefficient (Wildman–Crippen LogP) is 0.879. The van der Waals surface area contributed by atoms with E-state index in [0.29, 0.717) is 17.5 Å². The van der Waals surface area contributed by atoms with Crippen LogP contribution < -0.4 is 32.6 Å². The van der Waals surface area contributed by atoms with Crippen molar-refractivity contribution in [3.63, 3.8) is 0 Å². The van der Waals surface area contributed by atoms with E-state index in [1.807, 2.05) is 24.3 Å². The van der Waals surface area contributed by atoms with E-state index in [1.54, 1.807) is 25.3 Å². The highest BCUT2D eigenvalue weighted by Crippen LogP contribution is 2.24. The maximum atomic E-state index is 13.9. The quantitative estimate of drug-likeness (QED) is 0.124. The van der Waals surface area contributed by atoms with Crippen molar-refractivity contribution < 1.29 is 33.2 Å². The summed E-state index contributed by atoms with van der Waals surface area (Å²) in [4.78, 5) is 94.3. The molecule has 15 heteroatoms. The van der Waals surface area contributed by atoms with Gasteiger partial charge in [-0.3, -0.25) is 28.8 Å². The molecule has 260 valence electrons. The lowest BCUT2D eigenvalue weighted by atomic mass is 10.0. The lowest BCUT2D eigenvalue weighted by Crippen LogP contribution is -2.57. The minimum Gasteiger partial charge on any atom is -0.423 e. The van der Waals surface area contributed by atoms with Gasteiger partial charge in [-0.1, -0.05) is 18.2 Å². The van der Waals surface area contributed by atoms with Gasteiger partial charge in [-0.15, -0.1) is 0 Å². The van der Waals surface area contributed by atoms with Crippen molar-refractivity contribution in [2.24, 2.45) is 5.73 Å². The highest BCUT2D eigenvalue weighted by molar-refractivity contribution is 6.01. The molecule has 50 heavy (non-hydrogen) atoms. The summed E-state index contributed by atoms with van der Waals surface area (Å²) in [5, 5.41) is 12.3. The number of fused-ring (bicyclic) bond motifs is 2. The number of hydrogen-bond acceptors (Lipinski definition) is 8. The van der Waals surface area contributed by atoms with Gasteiger partial charge in [0, 0.05) is 59.7 Å². The van der Waals surface area contributed by atoms with E-state index in [0.717, 1.165) is 22.0 Å². The van der Waals surface area contributed by atoms with Crippen molar-refractivity contribution in [1.29, 1.82) is 0 Å². The molecule has 15 nitrogen and oxygen atoms in total. The van der Waals surface area contributed by atoms with Crippen molar-refractivity contribution in [2.45, 2.75) is 69.6 Å². The Morgan fingerprint density at radius 1 is 0.980 bits per heavy atom. The SMILES string of the molecule is Cc1cc(=O)oc2cc(NC(=O)C(Cc3c[nH]c4ccccc34)NC(=O)C3CCCN3C(=O)C(CC(N)=O)NC(=O)C3CCC(=O)N3)ccc12. The van der Waals surface area contributed by atoms with Crippen LogP contribution in [0.4, 0.5) is 5.69 Å². The fourth-order valence-corrected chi connectivity index (χ4v) is 6.62. The Kier molecular flexibility index (Phi) is 9.65. The molecule has 2 aliphatic rings. The fourth-order valence-electron chi connectivity index (χ4n) is 6.62. The molecule has 2 aromatic heterocycles. The van der Waals surface area contributed by atoms with Gasteiger partial charge in [-0.05, 0) is 55.5 Å². The Bertz CT molecular complexity index is 2070. The Labute approximate surface area is 285 Å². The van der Waals surface area contributed by atoms with Crippen molar-refractivity contribution in [3.05, 3.63) is 76.3 Å². The number of para-hydroxylation sites is 1. The second-order valence-electron chi connectivity index (χ2n) is 12.7. The molecule has 2 saturated heterocycles. The first-order valence-electron chi connectivity index (χ1n) is 16.4. The smallest absolute Gasteiger partial charge is 0.336 e. The normalized spacial score (nSPS) is 18.4. The number of primary amides is 1. The summed E-state index contributed by atoms with van der Waals surface area (Å²) >= 11 is 0. The number of aromatic amines is 1. The van der Waals surface area contributed by atoms with Crippen LogP contribution in [0.5, 0.6) is 0 Å². The molecule has 2 aliphatic heterocycles. The number of nitrogens with two attached hydrogens (primary N) is 1. The van der Waals surface area contributed by atoms with Crippen molar-refractivity contribution in [1.82, 2.24) is 25.8 Å². The molecule has 0 aliphatic carbocycles. The molecule has 6 amide bonds. The predicted molar refractivity (Wildman–Crippen MR) is 181 cm³/mol. The Morgan fingerprint density at radius 2 is 1.76 bits per heavy atom. The summed E-state index contributed by atoms with van der Waals surface area (Å²) in [6.07, 6.45) is 2.48. The van der Waals surface area contributed by atoms with E-state index in [9.17, 15) is 33.6 Å². The van der Waals surface area contributed by atoms with Crippen LogP contribution >= 0.6 is 0 Å². The number of likely N-dealkylation sites (tertiary alicyclic amines) is 1. The van der Waals surface area contributed by atoms with Crippen LogP contribution in [0.1, 0.15) is 43.2 Å². The van der Waals surface area contributed by atoms with Gasteiger partial charge in [-0.25, -0.2) is 4.79 Å². The first kappa shape index (κ1) is 33.9. The molecule has 7 N–H and O–H groups in total. The van der Waals surface area contributed by atoms with Crippen LogP contribution in [0, 0.1) is 6.92 Å². The molecule has 2 fully saturated rings. The van der Waals surface area contributed by atoms with E-state index in [4.69, 9.17) is 10.2 Å². The third-order valence-electron chi connectivity index (χ3n) is 9.12. The summed E-state index contributed by atoms with van der Waals surface area (Å²) in [5.74, 6) is -3.58. The van der Waals surface area contributed by atoms with Gasteiger partial charge in [-0.2, -0.15) is 0 Å². The summed E-state index contributed by atoms with van der Waals surface area (Å²) in [5.41, 5.74) is 7.85. The number of carbonyl (C=O) groups is 6. The van der Waals surface area contributed by atoms with Gasteiger partial charge >= 0.3 is 5.63 Å². The number of rotatable bonds is 11. The fraction of sp³-hybridized carbons (Fsp3) is 0.343. The van der Waals surface area contributed by atoms with Crippen LogP contribution in [0.3, 0.4) is 0 Å². The lowest BCUT2D eigenvalue weighted by molar-refractivity contribution is -0.143. The Balaban J connectivity index is 1.22. The Morgan fingerprint density at radius 3 is 2.52 bits per heavy atom. The van der Waals surface area contributed by atoms with E-state index in [1.165, 1.54) is 17.0 Å². The standard InChI is InChI=1S/C35H37N7O8/c1-18-13-31(45)50-28-15-20(8-9-21(18)28)38-33(47)25(14-19-17-37-23-6-3-2-5-22(19)23)40-34(48)27-7-4-12-42(27)35(49)26(16-29(36)43)41-32(46)24-10-11-30(44)39-24/h2-3,5-6,8-9,13,15,17,24-27,37H,4,7,10-12,14,16H2,1H3,(H2,36,43)(H,38,47)(H,39,44)(H,40,48)(H,41,46). The van der Waals surface area contributed by atoms with Gasteiger partial charge in [0.05, 0.1) is 6.42 Å². The molecule has 6 rings (SSSR count). The second kappa shape index (κ2) is 14.2. The van der Waals surface area contributed by atoms with Crippen molar-refractivity contribution in [3.8, 4) is 0 Å². The first-order valence-corrected chi connectivity index (χ1v) is 16.4. The summed E-state index contributed by atoms with van der Waals surface area (Å²) in [6.45, 7) is 1.95. The van der Waals surface area contributed by atoms with E-state index in [2.05, 4.69) is 26.3 Å². The van der Waals surface area contributed by atoms with Crippen LogP contribution in [-0.2, 0) is 35.2 Å². The number of nitrogens with zero attached hydrogens (tertiary/aromatic N) is 1. The molecule has 0 spiro atoms. The summed E-state index contributed by atoms with van der Waals surface area (Å²) in [6, 6.07) is 9.51. The van der Waals surface area contributed by atoms with E-state index >= 15 is 0 Å². The molecule has 0 saturated carbocycles. The van der Waals surface area contributed by atoms with Crippen LogP contribution in [-0.4, -0.2) is 76.0 Å². The number of anilines is 1. The average molecular weight is 684 g/mol. The van der Waals surface area contributed by atoms with Gasteiger partial charge < -0.3 is 41.3 Å². The first-order chi connectivity index (χ1) is 24.0. The summed E-state index contributed by atoms with van der Waals surface area (Å²) in [7, 11) is 0. The molecule has 2 aromatic carbocycles. The van der Waals surface area contributed by atoms with Crippen molar-refractivity contribution in [2.75, 3.05) is 11.9 Å². The molecule has 4 atom stereocenters. The molecule has 4 aromatic rings. The number of amides is 6. The minimum atomic E-state index is -1.35. The zero-order valence-corrected chi connectivity index (χ0v) is 27.2. The highest BCUT2D eigenvalue weighted by atomic mass is 16.4. The third kappa shape index (κ3) is 7.36. The van der Waals surface area contributed by atoms with Gasteiger partial charge in [0.1, 0.15) is 29.8 Å². The maximum Gasteiger partial charge on any atom is 0.336 e. The van der Waals surface area contributed by atoms with Crippen LogP contribution in [0.15, 0.2) is 63.9 Å². The number of hydrogen-bond donors (Lipinski definition) is 6.